The van der Waals surface area contributed by atoms with Gasteiger partial charge in [0.15, 0.2) is 5.84 Å². The lowest BCUT2D eigenvalue weighted by atomic mass is 10.1. The third-order valence-corrected chi connectivity index (χ3v) is 7.07. The average molecular weight is 484 g/mol. The summed E-state index contributed by atoms with van der Waals surface area (Å²) in [6.45, 7) is 8.51. The van der Waals surface area contributed by atoms with Crippen molar-refractivity contribution in [3.63, 3.8) is 0 Å². The molecule has 5 rings (SSSR count). The highest BCUT2D eigenvalue weighted by Crippen LogP contribution is 2.31. The van der Waals surface area contributed by atoms with Crippen molar-refractivity contribution in [2.24, 2.45) is 10.1 Å². The second-order valence-corrected chi connectivity index (χ2v) is 9.54. The van der Waals surface area contributed by atoms with Crippen LogP contribution in [0.15, 0.2) is 70.3 Å². The number of aryl methyl sites for hydroxylation is 2. The molecule has 1 amide bonds. The van der Waals surface area contributed by atoms with Gasteiger partial charge in [-0.2, -0.15) is 15.1 Å². The van der Waals surface area contributed by atoms with E-state index in [1.165, 1.54) is 27.9 Å². The third kappa shape index (κ3) is 4.21. The summed E-state index contributed by atoms with van der Waals surface area (Å²) in [7, 11) is 0. The van der Waals surface area contributed by atoms with Gasteiger partial charge in [0, 0.05) is 17.1 Å². The maximum Gasteiger partial charge on any atom is 0.283 e. The van der Waals surface area contributed by atoms with E-state index in [-0.39, 0.29) is 18.0 Å². The van der Waals surface area contributed by atoms with Crippen molar-refractivity contribution in [1.29, 1.82) is 5.41 Å². The highest BCUT2D eigenvalue weighted by atomic mass is 32.2. The van der Waals surface area contributed by atoms with Gasteiger partial charge in [0.25, 0.3) is 5.91 Å². The number of thioether (sulfide) groups is 1. The van der Waals surface area contributed by atoms with E-state index in [4.69, 9.17) is 10.1 Å². The molecule has 0 saturated carbocycles. The van der Waals surface area contributed by atoms with Crippen LogP contribution in [0, 0.1) is 33.1 Å². The number of para-hydroxylation sites is 1. The number of benzene rings is 2. The van der Waals surface area contributed by atoms with Crippen LogP contribution in [-0.4, -0.2) is 38.1 Å². The zero-order valence-electron chi connectivity index (χ0n) is 20.0. The van der Waals surface area contributed by atoms with E-state index in [9.17, 15) is 4.79 Å². The molecule has 8 heteroatoms. The van der Waals surface area contributed by atoms with E-state index in [1.54, 1.807) is 6.08 Å². The van der Waals surface area contributed by atoms with Crippen LogP contribution in [0.4, 0.5) is 0 Å². The van der Waals surface area contributed by atoms with E-state index in [0.717, 1.165) is 28.4 Å². The molecule has 0 spiro atoms. The number of aliphatic imine (C=N–C) groups is 1. The molecular weight excluding hydrogens is 458 g/mol. The average Bonchev–Trinajstić information content (AvgIpc) is 3.38. The Bertz CT molecular complexity index is 1450. The number of fused-ring (bicyclic) bond motifs is 1. The number of aromatic nitrogens is 1. The summed E-state index contributed by atoms with van der Waals surface area (Å²) < 4.78 is 7.95. The van der Waals surface area contributed by atoms with Gasteiger partial charge in [0.2, 0.25) is 5.17 Å². The molecule has 0 saturated heterocycles. The Balaban J connectivity index is 1.43. The smallest absolute Gasteiger partial charge is 0.283 e. The summed E-state index contributed by atoms with van der Waals surface area (Å²) in [4.78, 5) is 17.1. The van der Waals surface area contributed by atoms with Gasteiger partial charge in [-0.3, -0.25) is 10.2 Å². The molecule has 7 nitrogen and oxygen atoms in total. The van der Waals surface area contributed by atoms with Gasteiger partial charge in [-0.25, -0.2) is 0 Å². The monoisotopic (exact) mass is 483 g/mol. The van der Waals surface area contributed by atoms with Crippen molar-refractivity contribution in [2.75, 3.05) is 6.61 Å². The molecule has 0 radical (unpaired) electrons. The minimum absolute atomic E-state index is 0.0127. The van der Waals surface area contributed by atoms with Crippen molar-refractivity contribution >= 4 is 39.8 Å². The summed E-state index contributed by atoms with van der Waals surface area (Å²) in [5.41, 5.74) is 6.67. The number of hydrogen-bond acceptors (Lipinski definition) is 5. The summed E-state index contributed by atoms with van der Waals surface area (Å²) in [6, 6.07) is 17.7. The van der Waals surface area contributed by atoms with Gasteiger partial charge < -0.3 is 9.30 Å². The summed E-state index contributed by atoms with van der Waals surface area (Å²) in [5, 5.41) is 15.6. The number of nitrogens with one attached hydrogen (secondary N) is 1. The highest BCUT2D eigenvalue weighted by molar-refractivity contribution is 8.27. The third-order valence-electron chi connectivity index (χ3n) is 6.19. The molecule has 0 unspecified atom stereocenters. The number of carbonyl (C=O) groups is 1. The first-order valence-electron chi connectivity index (χ1n) is 11.3. The van der Waals surface area contributed by atoms with E-state index in [2.05, 4.69) is 40.6 Å². The Hall–Kier alpha value is -3.91. The number of nitrogens with zero attached hydrogens (tertiary/aromatic N) is 4. The molecule has 0 bridgehead atoms. The van der Waals surface area contributed by atoms with Crippen molar-refractivity contribution in [2.45, 2.75) is 27.7 Å². The molecule has 3 heterocycles. The fourth-order valence-electron chi connectivity index (χ4n) is 4.19. The first kappa shape index (κ1) is 22.9. The maximum atomic E-state index is 12.9. The number of ether oxygens (including phenoxy) is 1. The van der Waals surface area contributed by atoms with Crippen LogP contribution >= 0.6 is 11.8 Å². The van der Waals surface area contributed by atoms with Gasteiger partial charge in [-0.1, -0.05) is 30.3 Å². The number of hydrogen-bond donors (Lipinski definition) is 1. The second-order valence-electron chi connectivity index (χ2n) is 8.50. The number of carbonyl (C=O) groups excluding carboxylic acids is 1. The predicted molar refractivity (Wildman–Crippen MR) is 142 cm³/mol. The molecule has 1 N–H and O–H groups in total. The Kier molecular flexibility index (Phi) is 5.90. The quantitative estimate of drug-likeness (QED) is 0.492. The number of rotatable bonds is 5. The van der Waals surface area contributed by atoms with Crippen molar-refractivity contribution in [3.05, 3.63) is 88.2 Å². The van der Waals surface area contributed by atoms with Gasteiger partial charge in [0.1, 0.15) is 17.4 Å². The first-order valence-corrected chi connectivity index (χ1v) is 12.1. The molecule has 2 aliphatic heterocycles. The standard InChI is InChI=1S/C27H25N5O2S/c1-16-9-8-12-23(18(16)3)31-17(2)13-20(19(31)4)14-22-25(28)32-27(29-26(22)33)35-24(30-32)15-34-21-10-6-5-7-11-21/h5-14,28H,15H2,1-4H3/b22-14+,28-25?. The summed E-state index contributed by atoms with van der Waals surface area (Å²) in [5.74, 6) is 0.304. The van der Waals surface area contributed by atoms with Crippen LogP contribution in [0.25, 0.3) is 11.8 Å². The lowest BCUT2D eigenvalue weighted by Gasteiger charge is -2.20. The minimum atomic E-state index is -0.439. The Labute approximate surface area is 208 Å². The summed E-state index contributed by atoms with van der Waals surface area (Å²) in [6.07, 6.45) is 1.74. The molecule has 1 aromatic heterocycles. The van der Waals surface area contributed by atoms with Crippen LogP contribution in [0.3, 0.4) is 0 Å². The van der Waals surface area contributed by atoms with Crippen LogP contribution in [0.1, 0.15) is 28.1 Å². The van der Waals surface area contributed by atoms with Gasteiger partial charge in [-0.15, -0.1) is 0 Å². The zero-order chi connectivity index (χ0) is 24.7. The van der Waals surface area contributed by atoms with Crippen molar-refractivity contribution in [3.8, 4) is 11.4 Å². The van der Waals surface area contributed by atoms with E-state index < -0.39 is 5.91 Å². The molecular formula is C27H25N5O2S. The molecule has 2 aliphatic rings. The number of amidine groups is 2. The molecule has 0 atom stereocenters. The zero-order valence-corrected chi connectivity index (χ0v) is 20.8. The molecule has 176 valence electrons. The largest absolute Gasteiger partial charge is 0.487 e. The molecule has 2 aromatic carbocycles. The minimum Gasteiger partial charge on any atom is -0.487 e. The van der Waals surface area contributed by atoms with E-state index >= 15 is 0 Å². The lowest BCUT2D eigenvalue weighted by molar-refractivity contribution is -0.114. The number of hydrazone groups is 1. The van der Waals surface area contributed by atoms with E-state index in [0.29, 0.717) is 10.2 Å². The van der Waals surface area contributed by atoms with Gasteiger partial charge in [-0.05, 0) is 86.5 Å². The molecule has 0 fully saturated rings. The Morgan fingerprint density at radius 2 is 1.83 bits per heavy atom. The topological polar surface area (TPSA) is 83.0 Å². The molecule has 35 heavy (non-hydrogen) atoms. The lowest BCUT2D eigenvalue weighted by Crippen LogP contribution is -2.35. The Morgan fingerprint density at radius 3 is 2.60 bits per heavy atom. The predicted octanol–water partition coefficient (Wildman–Crippen LogP) is 5.41. The normalized spacial score (nSPS) is 16.5. The van der Waals surface area contributed by atoms with E-state index in [1.807, 2.05) is 56.3 Å². The maximum absolute atomic E-state index is 12.9. The molecule has 3 aromatic rings. The van der Waals surface area contributed by atoms with Crippen LogP contribution in [0.2, 0.25) is 0 Å². The fourth-order valence-corrected chi connectivity index (χ4v) is 4.99. The van der Waals surface area contributed by atoms with Crippen LogP contribution in [0.5, 0.6) is 5.75 Å². The molecule has 0 aliphatic carbocycles. The van der Waals surface area contributed by atoms with Crippen LogP contribution in [-0.2, 0) is 4.79 Å². The highest BCUT2D eigenvalue weighted by Gasteiger charge is 2.36. The van der Waals surface area contributed by atoms with Crippen molar-refractivity contribution < 1.29 is 9.53 Å². The SMILES string of the molecule is Cc1cccc(-n2c(C)cc(/C=C3\C(=N)N4N=C(COc5ccccc5)SC4=NC3=O)c2C)c1C. The first-order chi connectivity index (χ1) is 16.8. The second kappa shape index (κ2) is 9.03. The van der Waals surface area contributed by atoms with Crippen LogP contribution < -0.4 is 4.74 Å². The van der Waals surface area contributed by atoms with Gasteiger partial charge >= 0.3 is 0 Å². The number of amides is 1. The summed E-state index contributed by atoms with van der Waals surface area (Å²) >= 11 is 1.25. The van der Waals surface area contributed by atoms with Crippen molar-refractivity contribution in [1.82, 2.24) is 9.58 Å². The Morgan fingerprint density at radius 1 is 1.06 bits per heavy atom. The fraction of sp³-hybridized carbons (Fsp3) is 0.185. The van der Waals surface area contributed by atoms with Gasteiger partial charge in [0.05, 0.1) is 5.57 Å².